The molecule has 0 bridgehead atoms. The Bertz CT molecular complexity index is 1440. The number of carbonyl (C=O) groups excluding carboxylic acids is 1. The fourth-order valence-electron chi connectivity index (χ4n) is 3.49. The highest BCUT2D eigenvalue weighted by molar-refractivity contribution is 7.73. The maximum Gasteiger partial charge on any atom is 0.265 e. The van der Waals surface area contributed by atoms with Crippen LogP contribution in [-0.2, 0) is 6.54 Å². The lowest BCUT2D eigenvalue weighted by atomic mass is 10.2. The van der Waals surface area contributed by atoms with Crippen molar-refractivity contribution in [2.24, 2.45) is 0 Å². The molecule has 2 N–H and O–H groups in total. The number of amides is 1. The van der Waals surface area contributed by atoms with Crippen molar-refractivity contribution in [3.63, 3.8) is 0 Å². The van der Waals surface area contributed by atoms with Crippen molar-refractivity contribution in [2.45, 2.75) is 20.4 Å². The zero-order valence-corrected chi connectivity index (χ0v) is 20.0. The Morgan fingerprint density at radius 2 is 1.79 bits per heavy atom. The van der Waals surface area contributed by atoms with E-state index in [4.69, 9.17) is 26.4 Å². The van der Waals surface area contributed by atoms with Gasteiger partial charge in [-0.1, -0.05) is 23.5 Å². The topological polar surface area (TPSA) is 94.1 Å². The van der Waals surface area contributed by atoms with Crippen molar-refractivity contribution in [3.8, 4) is 17.2 Å². The fraction of sp³-hybridized carbons (Fsp3) is 0.261. The molecule has 0 atom stereocenters. The Kier molecular flexibility index (Phi) is 6.66. The highest BCUT2D eigenvalue weighted by Gasteiger charge is 2.20. The maximum absolute atomic E-state index is 13.0. The molecule has 0 aliphatic rings. The summed E-state index contributed by atoms with van der Waals surface area (Å²) < 4.78 is 18.6. The van der Waals surface area contributed by atoms with E-state index in [9.17, 15) is 9.59 Å². The second kappa shape index (κ2) is 9.63. The van der Waals surface area contributed by atoms with Crippen molar-refractivity contribution < 1.29 is 19.0 Å². The Morgan fingerprint density at radius 1 is 1.12 bits per heavy atom. The standard InChI is InChI=1S/C23H23N3O5S2/c1-4-30-17-10-15-16(11-18(17)31-5-2)26-20(25-21(15)27)19(33-23(26)32)22(28)24-12-13-6-8-14(29-3)9-7-13/h6-11H,4-5,12H2,1-3H3,(H,24,28)(H,25,27). The third-order valence-corrected chi connectivity index (χ3v) is 6.38. The molecular formula is C23H23N3O5S2. The summed E-state index contributed by atoms with van der Waals surface area (Å²) in [7, 11) is 1.60. The van der Waals surface area contributed by atoms with Crippen LogP contribution in [0.25, 0.3) is 16.6 Å². The van der Waals surface area contributed by atoms with E-state index < -0.39 is 0 Å². The summed E-state index contributed by atoms with van der Waals surface area (Å²) in [6.07, 6.45) is 0. The highest BCUT2D eigenvalue weighted by atomic mass is 32.1. The number of ether oxygens (including phenoxy) is 3. The van der Waals surface area contributed by atoms with Gasteiger partial charge in [0.1, 0.15) is 16.3 Å². The Balaban J connectivity index is 1.75. The molecule has 33 heavy (non-hydrogen) atoms. The van der Waals surface area contributed by atoms with Gasteiger partial charge in [-0.3, -0.25) is 14.0 Å². The van der Waals surface area contributed by atoms with E-state index in [1.54, 1.807) is 23.6 Å². The van der Waals surface area contributed by atoms with Crippen LogP contribution in [0.5, 0.6) is 17.2 Å². The predicted octanol–water partition coefficient (Wildman–Crippen LogP) is 4.31. The molecule has 0 fully saturated rings. The van der Waals surface area contributed by atoms with Crippen LogP contribution in [0, 0.1) is 3.95 Å². The zero-order valence-electron chi connectivity index (χ0n) is 18.4. The summed E-state index contributed by atoms with van der Waals surface area (Å²) in [5.41, 5.74) is 1.48. The Labute approximate surface area is 198 Å². The molecule has 0 aliphatic carbocycles. The number of nitrogens with one attached hydrogen (secondary N) is 2. The normalized spacial score (nSPS) is 11.0. The number of H-pyrrole nitrogens is 1. The van der Waals surface area contributed by atoms with Crippen LogP contribution in [-0.4, -0.2) is 35.6 Å². The van der Waals surface area contributed by atoms with E-state index in [2.05, 4.69) is 10.3 Å². The molecule has 2 aromatic heterocycles. The summed E-state index contributed by atoms with van der Waals surface area (Å²) in [5.74, 6) is 1.41. The first-order valence-electron chi connectivity index (χ1n) is 10.4. The summed E-state index contributed by atoms with van der Waals surface area (Å²) >= 11 is 6.69. The molecule has 0 spiro atoms. The van der Waals surface area contributed by atoms with Crippen LogP contribution in [0.2, 0.25) is 0 Å². The van der Waals surface area contributed by atoms with Gasteiger partial charge in [-0.25, -0.2) is 0 Å². The molecule has 4 rings (SSSR count). The van der Waals surface area contributed by atoms with Gasteiger partial charge in [0.25, 0.3) is 11.5 Å². The van der Waals surface area contributed by atoms with Crippen molar-refractivity contribution in [1.29, 1.82) is 0 Å². The Hall–Kier alpha value is -3.37. The molecule has 0 aliphatic heterocycles. The third kappa shape index (κ3) is 4.44. The van der Waals surface area contributed by atoms with Gasteiger partial charge in [0.2, 0.25) is 0 Å². The number of nitrogens with zero attached hydrogens (tertiary/aromatic N) is 1. The van der Waals surface area contributed by atoms with E-state index >= 15 is 0 Å². The van der Waals surface area contributed by atoms with E-state index in [1.807, 2.05) is 38.1 Å². The van der Waals surface area contributed by atoms with E-state index in [1.165, 1.54) is 0 Å². The van der Waals surface area contributed by atoms with Gasteiger partial charge in [-0.2, -0.15) is 0 Å². The van der Waals surface area contributed by atoms with Crippen LogP contribution < -0.4 is 25.1 Å². The van der Waals surface area contributed by atoms with Gasteiger partial charge in [0.15, 0.2) is 15.5 Å². The average Bonchev–Trinajstić information content (AvgIpc) is 3.15. The number of methoxy groups -OCH3 is 1. The molecule has 10 heteroatoms. The lowest BCUT2D eigenvalue weighted by Crippen LogP contribution is -2.23. The number of carbonyl (C=O) groups is 1. The number of aromatic amines is 1. The van der Waals surface area contributed by atoms with Gasteiger partial charge in [0, 0.05) is 12.6 Å². The molecule has 0 saturated heterocycles. The third-order valence-electron chi connectivity index (χ3n) is 5.01. The average molecular weight is 486 g/mol. The van der Waals surface area contributed by atoms with Crippen LogP contribution in [0.4, 0.5) is 0 Å². The summed E-state index contributed by atoms with van der Waals surface area (Å²) in [5, 5.41) is 3.28. The molecule has 172 valence electrons. The minimum absolute atomic E-state index is 0.323. The minimum atomic E-state index is -0.342. The Morgan fingerprint density at radius 3 is 2.42 bits per heavy atom. The highest BCUT2D eigenvalue weighted by Crippen LogP contribution is 2.33. The van der Waals surface area contributed by atoms with Crippen molar-refractivity contribution in [3.05, 3.63) is 61.1 Å². The number of rotatable bonds is 8. The van der Waals surface area contributed by atoms with Crippen LogP contribution in [0.1, 0.15) is 29.1 Å². The number of fused-ring (bicyclic) bond motifs is 3. The molecule has 4 aromatic rings. The summed E-state index contributed by atoms with van der Waals surface area (Å²) in [4.78, 5) is 29.0. The molecule has 0 unspecified atom stereocenters. The van der Waals surface area contributed by atoms with E-state index in [0.29, 0.717) is 56.6 Å². The van der Waals surface area contributed by atoms with Gasteiger partial charge in [0.05, 0.1) is 31.2 Å². The molecule has 0 radical (unpaired) electrons. The number of thiazole rings is 1. The minimum Gasteiger partial charge on any atom is -0.497 e. The van der Waals surface area contributed by atoms with Crippen molar-refractivity contribution in [1.82, 2.24) is 14.7 Å². The number of hydrogen-bond donors (Lipinski definition) is 2. The largest absolute Gasteiger partial charge is 0.497 e. The second-order valence-electron chi connectivity index (χ2n) is 7.05. The SMILES string of the molecule is CCOc1cc2c(=O)[nH]c3c(C(=O)NCc4ccc(OC)cc4)sc(=S)n3c2cc1OCC. The molecule has 8 nitrogen and oxygen atoms in total. The number of benzene rings is 2. The summed E-state index contributed by atoms with van der Waals surface area (Å²) in [6, 6.07) is 10.8. The fourth-order valence-corrected chi connectivity index (χ4v) is 4.79. The first-order chi connectivity index (χ1) is 16.0. The molecule has 1 amide bonds. The quantitative estimate of drug-likeness (QED) is 0.361. The number of hydrogen-bond acceptors (Lipinski definition) is 7. The van der Waals surface area contributed by atoms with Gasteiger partial charge in [-0.05, 0) is 49.8 Å². The molecule has 0 saturated carbocycles. The van der Waals surface area contributed by atoms with Crippen LogP contribution in [0.15, 0.2) is 41.2 Å². The van der Waals surface area contributed by atoms with Crippen molar-refractivity contribution in [2.75, 3.05) is 20.3 Å². The van der Waals surface area contributed by atoms with Crippen molar-refractivity contribution >= 4 is 46.0 Å². The lowest BCUT2D eigenvalue weighted by Gasteiger charge is -2.13. The monoisotopic (exact) mass is 485 g/mol. The van der Waals surface area contributed by atoms with Gasteiger partial charge in [-0.15, -0.1) is 0 Å². The second-order valence-corrected chi connectivity index (χ2v) is 8.69. The van der Waals surface area contributed by atoms with Gasteiger partial charge < -0.3 is 24.5 Å². The molecule has 2 aromatic carbocycles. The van der Waals surface area contributed by atoms with Gasteiger partial charge >= 0.3 is 0 Å². The van der Waals surface area contributed by atoms with Crippen LogP contribution in [0.3, 0.4) is 0 Å². The first-order valence-corrected chi connectivity index (χ1v) is 11.6. The van der Waals surface area contributed by atoms with Crippen LogP contribution >= 0.6 is 23.6 Å². The predicted molar refractivity (Wildman–Crippen MR) is 131 cm³/mol. The maximum atomic E-state index is 13.0. The zero-order chi connectivity index (χ0) is 23.5. The summed E-state index contributed by atoms with van der Waals surface area (Å²) in [6.45, 7) is 4.92. The molecule has 2 heterocycles. The molecular weight excluding hydrogens is 462 g/mol. The lowest BCUT2D eigenvalue weighted by molar-refractivity contribution is 0.0956. The van der Waals surface area contributed by atoms with E-state index in [-0.39, 0.29) is 11.5 Å². The smallest absolute Gasteiger partial charge is 0.265 e. The number of aromatic nitrogens is 2. The van der Waals surface area contributed by atoms with E-state index in [0.717, 1.165) is 22.6 Å². The first kappa shape index (κ1) is 22.8.